The van der Waals surface area contributed by atoms with Gasteiger partial charge in [0.15, 0.2) is 0 Å². The zero-order valence-corrected chi connectivity index (χ0v) is 20.9. The number of fused-ring (bicyclic) bond motifs is 2. The largest absolute Gasteiger partial charge is 0.481 e. The van der Waals surface area contributed by atoms with Gasteiger partial charge in [-0.25, -0.2) is 0 Å². The maximum Gasteiger partial charge on any atom is 0.306 e. The lowest BCUT2D eigenvalue weighted by Crippen LogP contribution is -2.52. The Bertz CT molecular complexity index is 819. The summed E-state index contributed by atoms with van der Waals surface area (Å²) in [5.74, 6) is -1.07. The molecule has 2 amide bonds. The van der Waals surface area contributed by atoms with E-state index in [0.717, 1.165) is 25.5 Å². The standard InChI is InChI=1S/C25H40N4O5/c1-15(2)14-34-23(27-10-9-25(4,5)29-16(3)30)20(13-26)22(31)28-21-17-7-6-8-18(21)12-19(11-17)24(32)33/h9-10,13,15,17-19,21,26-27H,6-8,11-12,14H2,1-5H3,(H,28,31)(H,29,30)(H,32,33)/b10-9+,23-20-,26-13?. The Morgan fingerprint density at radius 3 is 2.29 bits per heavy atom. The van der Waals surface area contributed by atoms with Crippen molar-refractivity contribution in [3.8, 4) is 0 Å². The fraction of sp³-hybridized carbons (Fsp3) is 0.680. The van der Waals surface area contributed by atoms with E-state index in [1.54, 1.807) is 12.3 Å². The molecule has 2 aliphatic rings. The molecule has 2 atom stereocenters. The number of rotatable bonds is 11. The van der Waals surface area contributed by atoms with Crippen LogP contribution in [-0.4, -0.2) is 47.3 Å². The van der Waals surface area contributed by atoms with Gasteiger partial charge in [-0.3, -0.25) is 14.4 Å². The van der Waals surface area contributed by atoms with Crippen LogP contribution < -0.4 is 16.0 Å². The molecule has 0 heterocycles. The van der Waals surface area contributed by atoms with Crippen molar-refractivity contribution in [1.29, 1.82) is 5.41 Å². The Morgan fingerprint density at radius 1 is 1.18 bits per heavy atom. The Kier molecular flexibility index (Phi) is 9.70. The van der Waals surface area contributed by atoms with Crippen molar-refractivity contribution in [2.24, 2.45) is 23.7 Å². The molecule has 0 spiro atoms. The van der Waals surface area contributed by atoms with Crippen LogP contribution in [-0.2, 0) is 19.1 Å². The molecule has 2 bridgehead atoms. The van der Waals surface area contributed by atoms with E-state index in [0.29, 0.717) is 19.4 Å². The van der Waals surface area contributed by atoms with Gasteiger partial charge in [0, 0.05) is 25.4 Å². The minimum atomic E-state index is -0.760. The van der Waals surface area contributed by atoms with Crippen molar-refractivity contribution in [2.75, 3.05) is 6.61 Å². The molecule has 0 saturated heterocycles. The maximum atomic E-state index is 13.2. The van der Waals surface area contributed by atoms with Crippen LogP contribution in [0.15, 0.2) is 23.7 Å². The minimum Gasteiger partial charge on any atom is -0.481 e. The van der Waals surface area contributed by atoms with E-state index in [9.17, 15) is 19.5 Å². The van der Waals surface area contributed by atoms with E-state index in [4.69, 9.17) is 10.1 Å². The first-order valence-corrected chi connectivity index (χ1v) is 12.1. The van der Waals surface area contributed by atoms with Crippen LogP contribution in [0, 0.1) is 29.1 Å². The molecule has 2 rings (SSSR count). The molecule has 0 aliphatic heterocycles. The second kappa shape index (κ2) is 12.0. The number of carbonyl (C=O) groups is 3. The van der Waals surface area contributed by atoms with E-state index in [1.807, 2.05) is 27.7 Å². The Hall–Kier alpha value is -2.84. The summed E-state index contributed by atoms with van der Waals surface area (Å²) in [6.07, 6.45) is 8.27. The van der Waals surface area contributed by atoms with Crippen LogP contribution in [0.4, 0.5) is 0 Å². The summed E-state index contributed by atoms with van der Waals surface area (Å²) in [5, 5.41) is 26.3. The molecule has 2 unspecified atom stereocenters. The Morgan fingerprint density at radius 2 is 1.79 bits per heavy atom. The van der Waals surface area contributed by atoms with Crippen molar-refractivity contribution in [1.82, 2.24) is 16.0 Å². The summed E-state index contributed by atoms with van der Waals surface area (Å²) in [5.41, 5.74) is -0.545. The molecule has 9 nitrogen and oxygen atoms in total. The third-order valence-electron chi connectivity index (χ3n) is 6.39. The average Bonchev–Trinajstić information content (AvgIpc) is 2.70. The lowest BCUT2D eigenvalue weighted by atomic mass is 9.64. The zero-order valence-electron chi connectivity index (χ0n) is 20.9. The molecule has 2 saturated carbocycles. The minimum absolute atomic E-state index is 0.0704. The second-order valence-electron chi connectivity index (χ2n) is 10.4. The highest BCUT2D eigenvalue weighted by Crippen LogP contribution is 2.43. The van der Waals surface area contributed by atoms with Gasteiger partial charge in [0.25, 0.3) is 5.91 Å². The molecule has 0 aromatic heterocycles. The average molecular weight is 477 g/mol. The number of aliphatic carboxylic acids is 1. The number of hydrogen-bond acceptors (Lipinski definition) is 6. The monoisotopic (exact) mass is 476 g/mol. The fourth-order valence-corrected chi connectivity index (χ4v) is 4.91. The molecule has 34 heavy (non-hydrogen) atoms. The first-order chi connectivity index (χ1) is 15.9. The van der Waals surface area contributed by atoms with Gasteiger partial charge >= 0.3 is 5.97 Å². The third-order valence-corrected chi connectivity index (χ3v) is 6.39. The fourth-order valence-electron chi connectivity index (χ4n) is 4.91. The van der Waals surface area contributed by atoms with E-state index >= 15 is 0 Å². The van der Waals surface area contributed by atoms with Gasteiger partial charge in [0.05, 0.1) is 18.1 Å². The number of carbonyl (C=O) groups excluding carboxylic acids is 2. The first kappa shape index (κ1) is 27.4. The van der Waals surface area contributed by atoms with Crippen molar-refractivity contribution < 1.29 is 24.2 Å². The lowest BCUT2D eigenvalue weighted by molar-refractivity contribution is -0.145. The topological polar surface area (TPSA) is 141 Å². The van der Waals surface area contributed by atoms with Gasteiger partial charge < -0.3 is 31.2 Å². The molecule has 2 aliphatic carbocycles. The molecular weight excluding hydrogens is 436 g/mol. The number of carboxylic acid groups (broad SMARTS) is 1. The normalized spacial score (nSPS) is 25.4. The smallest absolute Gasteiger partial charge is 0.306 e. The molecule has 5 N–H and O–H groups in total. The lowest BCUT2D eigenvalue weighted by Gasteiger charge is -2.45. The zero-order chi connectivity index (χ0) is 25.5. The molecule has 0 radical (unpaired) electrons. The predicted molar refractivity (Wildman–Crippen MR) is 130 cm³/mol. The SMILES string of the molecule is CC(=O)NC(C)(C)/C=C/N/C(OCC(C)C)=C(\C=N)C(=O)NC1C2CCCC1CC(C(=O)O)C2. The number of hydrogen-bond donors (Lipinski definition) is 5. The van der Waals surface area contributed by atoms with Gasteiger partial charge in [-0.15, -0.1) is 0 Å². The maximum absolute atomic E-state index is 13.2. The molecule has 2 fully saturated rings. The highest BCUT2D eigenvalue weighted by atomic mass is 16.5. The molecule has 0 aromatic rings. The first-order valence-electron chi connectivity index (χ1n) is 12.1. The Balaban J connectivity index is 2.21. The van der Waals surface area contributed by atoms with Crippen LogP contribution in [0.5, 0.6) is 0 Å². The van der Waals surface area contributed by atoms with E-state index in [2.05, 4.69) is 16.0 Å². The number of carboxylic acids is 1. The van der Waals surface area contributed by atoms with Crippen LogP contribution in [0.2, 0.25) is 0 Å². The van der Waals surface area contributed by atoms with Gasteiger partial charge in [0.2, 0.25) is 11.8 Å². The van der Waals surface area contributed by atoms with Crippen molar-refractivity contribution in [3.63, 3.8) is 0 Å². The van der Waals surface area contributed by atoms with E-state index in [-0.39, 0.29) is 47.1 Å². The van der Waals surface area contributed by atoms with Gasteiger partial charge in [-0.2, -0.15) is 0 Å². The van der Waals surface area contributed by atoms with Gasteiger partial charge in [-0.1, -0.05) is 20.3 Å². The second-order valence-corrected chi connectivity index (χ2v) is 10.4. The van der Waals surface area contributed by atoms with E-state index in [1.165, 1.54) is 6.92 Å². The van der Waals surface area contributed by atoms with Gasteiger partial charge in [-0.05, 0) is 63.4 Å². The van der Waals surface area contributed by atoms with Crippen molar-refractivity contribution >= 4 is 24.0 Å². The summed E-state index contributed by atoms with van der Waals surface area (Å²) in [4.78, 5) is 36.2. The Labute approximate surface area is 202 Å². The van der Waals surface area contributed by atoms with E-state index < -0.39 is 17.4 Å². The summed E-state index contributed by atoms with van der Waals surface area (Å²) in [7, 11) is 0. The molecule has 9 heteroatoms. The number of nitrogens with one attached hydrogen (secondary N) is 4. The summed E-state index contributed by atoms with van der Waals surface area (Å²) < 4.78 is 5.85. The van der Waals surface area contributed by atoms with Crippen LogP contribution in [0.1, 0.15) is 66.7 Å². The van der Waals surface area contributed by atoms with Crippen LogP contribution in [0.3, 0.4) is 0 Å². The molecular formula is C25H40N4O5. The van der Waals surface area contributed by atoms with Crippen molar-refractivity contribution in [2.45, 2.75) is 78.3 Å². The summed E-state index contributed by atoms with van der Waals surface area (Å²) in [6, 6.07) is -0.104. The highest BCUT2D eigenvalue weighted by Gasteiger charge is 2.43. The molecule has 190 valence electrons. The third kappa shape index (κ3) is 7.88. The molecule has 0 aromatic carbocycles. The summed E-state index contributed by atoms with van der Waals surface area (Å²) in [6.45, 7) is 9.43. The predicted octanol–water partition coefficient (Wildman–Crippen LogP) is 2.93. The van der Waals surface area contributed by atoms with Gasteiger partial charge in [0.1, 0.15) is 5.57 Å². The summed E-state index contributed by atoms with van der Waals surface area (Å²) >= 11 is 0. The van der Waals surface area contributed by atoms with Crippen LogP contribution >= 0.6 is 0 Å². The highest BCUT2D eigenvalue weighted by molar-refractivity contribution is 6.11. The van der Waals surface area contributed by atoms with Crippen LogP contribution in [0.25, 0.3) is 0 Å². The number of ether oxygens (including phenoxy) is 1. The quantitative estimate of drug-likeness (QED) is 0.176. The van der Waals surface area contributed by atoms with Crippen molar-refractivity contribution in [3.05, 3.63) is 23.7 Å². The number of amides is 2.